The molecule has 0 saturated carbocycles. The normalized spacial score (nSPS) is 9.00. The largest absolute Gasteiger partial charge is 0.298 e. The number of benzene rings is 1. The Morgan fingerprint density at radius 3 is 2.62 bits per heavy atom. The summed E-state index contributed by atoms with van der Waals surface area (Å²) in [6.07, 6.45) is 4.29. The Kier molecular flexibility index (Phi) is 6.96. The van der Waals surface area contributed by atoms with E-state index in [0.717, 1.165) is 24.7 Å². The number of rotatable bonds is 4. The van der Waals surface area contributed by atoms with Crippen LogP contribution in [0.25, 0.3) is 0 Å². The number of unbranched alkanes of at least 4 members (excludes halogenated alkanes) is 1. The van der Waals surface area contributed by atoms with Gasteiger partial charge in [-0.05, 0) is 18.4 Å². The fourth-order valence-electron chi connectivity index (χ4n) is 1.24. The molecule has 0 atom stereocenters. The minimum absolute atomic E-state index is 0. The summed E-state index contributed by atoms with van der Waals surface area (Å²) in [6.45, 7) is 2.16. The van der Waals surface area contributed by atoms with Crippen LogP contribution in [0.1, 0.15) is 35.7 Å². The van der Waals surface area contributed by atoms with E-state index < -0.39 is 0 Å². The Bertz CT molecular complexity index is 258. The monoisotopic (exact) mass is 282 g/mol. The summed E-state index contributed by atoms with van der Waals surface area (Å²) < 4.78 is 0. The van der Waals surface area contributed by atoms with Crippen LogP contribution in [-0.2, 0) is 6.42 Å². The number of aldehydes is 1. The Labute approximate surface area is 96.5 Å². The molecule has 0 spiro atoms. The molecular weight excluding hydrogens is 267 g/mol. The summed E-state index contributed by atoms with van der Waals surface area (Å²) in [5.74, 6) is 0. The van der Waals surface area contributed by atoms with E-state index in [0.29, 0.717) is 0 Å². The van der Waals surface area contributed by atoms with E-state index in [2.05, 4.69) is 6.92 Å². The Morgan fingerprint density at radius 2 is 2.00 bits per heavy atom. The van der Waals surface area contributed by atoms with Crippen LogP contribution in [0.15, 0.2) is 24.3 Å². The van der Waals surface area contributed by atoms with Gasteiger partial charge in [-0.1, -0.05) is 37.6 Å². The molecule has 2 heteroatoms. The Hall–Kier alpha value is -0.311. The van der Waals surface area contributed by atoms with Crippen LogP contribution in [0.5, 0.6) is 0 Å². The molecule has 0 fully saturated rings. The molecule has 13 heavy (non-hydrogen) atoms. The third-order valence-corrected chi connectivity index (χ3v) is 1.98. The third-order valence-electron chi connectivity index (χ3n) is 1.98. The van der Waals surface area contributed by atoms with Crippen LogP contribution in [0.4, 0.5) is 0 Å². The maximum Gasteiger partial charge on any atom is 0.150 e. The van der Waals surface area contributed by atoms with Gasteiger partial charge in [-0.2, -0.15) is 0 Å². The molecule has 0 heterocycles. The topological polar surface area (TPSA) is 17.1 Å². The second-order valence-corrected chi connectivity index (χ2v) is 2.92. The number of carbonyl (C=O) groups excluding carboxylic acids is 1. The second-order valence-electron chi connectivity index (χ2n) is 2.92. The van der Waals surface area contributed by atoms with E-state index in [1.54, 1.807) is 0 Å². The molecule has 1 aromatic carbocycles. The van der Waals surface area contributed by atoms with E-state index in [-0.39, 0.29) is 23.9 Å². The zero-order valence-corrected chi connectivity index (χ0v) is 10.8. The Balaban J connectivity index is 0.00000144. The number of hydrogen-bond donors (Lipinski definition) is 0. The molecule has 68 valence electrons. The first kappa shape index (κ1) is 12.7. The molecule has 0 aliphatic carbocycles. The number of aryl methyl sites for hydroxylation is 1. The minimum atomic E-state index is 0. The summed E-state index contributed by atoms with van der Waals surface area (Å²) >= 11 is 0. The van der Waals surface area contributed by atoms with Crippen LogP contribution in [-0.4, -0.2) is 30.2 Å². The molecule has 1 rings (SSSR count). The van der Waals surface area contributed by atoms with Crippen molar-refractivity contribution in [2.75, 3.05) is 0 Å². The smallest absolute Gasteiger partial charge is 0.150 e. The van der Waals surface area contributed by atoms with E-state index in [9.17, 15) is 4.79 Å². The van der Waals surface area contributed by atoms with Gasteiger partial charge in [-0.3, -0.25) is 4.79 Å². The van der Waals surface area contributed by atoms with Crippen molar-refractivity contribution in [3.05, 3.63) is 35.4 Å². The van der Waals surface area contributed by atoms with Crippen LogP contribution in [0.3, 0.4) is 0 Å². The summed E-state index contributed by atoms with van der Waals surface area (Å²) in [5, 5.41) is 0. The minimum Gasteiger partial charge on any atom is -0.298 e. The second kappa shape index (κ2) is 7.13. The van der Waals surface area contributed by atoms with Crippen molar-refractivity contribution >= 4 is 30.2 Å². The van der Waals surface area contributed by atoms with Crippen molar-refractivity contribution in [2.24, 2.45) is 0 Å². The average molecular weight is 281 g/mol. The van der Waals surface area contributed by atoms with Gasteiger partial charge in [0.2, 0.25) is 0 Å². The average Bonchev–Trinajstić information content (AvgIpc) is 2.15. The number of carbonyl (C=O) groups is 1. The van der Waals surface area contributed by atoms with Gasteiger partial charge in [0.15, 0.2) is 0 Å². The molecule has 0 aliphatic heterocycles. The van der Waals surface area contributed by atoms with Gasteiger partial charge in [0.25, 0.3) is 0 Å². The molecule has 0 saturated heterocycles. The van der Waals surface area contributed by atoms with E-state index in [1.807, 2.05) is 24.3 Å². The predicted octanol–water partition coefficient (Wildman–Crippen LogP) is 2.46. The summed E-state index contributed by atoms with van der Waals surface area (Å²) in [7, 11) is 0. The van der Waals surface area contributed by atoms with Crippen molar-refractivity contribution < 1.29 is 4.79 Å². The van der Waals surface area contributed by atoms with Gasteiger partial charge < -0.3 is 0 Å². The summed E-state index contributed by atoms with van der Waals surface area (Å²) in [4.78, 5) is 10.6. The molecule has 1 nitrogen and oxygen atoms in total. The SMILES string of the molecule is CCCCc1ccccc1C=O.[Sn]. The summed E-state index contributed by atoms with van der Waals surface area (Å²) in [5.41, 5.74) is 2.01. The van der Waals surface area contributed by atoms with Gasteiger partial charge in [0.1, 0.15) is 6.29 Å². The van der Waals surface area contributed by atoms with Crippen molar-refractivity contribution in [1.29, 1.82) is 0 Å². The van der Waals surface area contributed by atoms with Crippen LogP contribution >= 0.6 is 0 Å². The first-order valence-corrected chi connectivity index (χ1v) is 4.41. The van der Waals surface area contributed by atoms with Gasteiger partial charge in [0.05, 0.1) is 0 Å². The van der Waals surface area contributed by atoms with Crippen LogP contribution in [0, 0.1) is 0 Å². The molecule has 4 radical (unpaired) electrons. The molecule has 0 aromatic heterocycles. The van der Waals surface area contributed by atoms with Crippen molar-refractivity contribution in [1.82, 2.24) is 0 Å². The first-order chi connectivity index (χ1) is 5.88. The van der Waals surface area contributed by atoms with Gasteiger partial charge in [0, 0.05) is 29.5 Å². The molecular formula is C11H14OSn. The van der Waals surface area contributed by atoms with Crippen molar-refractivity contribution in [3.8, 4) is 0 Å². The van der Waals surface area contributed by atoms with E-state index in [1.165, 1.54) is 12.0 Å². The van der Waals surface area contributed by atoms with Crippen LogP contribution < -0.4 is 0 Å². The standard InChI is InChI=1S/C11H14O.Sn/c1-2-3-6-10-7-4-5-8-11(10)9-12;/h4-5,7-9H,2-3,6H2,1H3;. The molecule has 0 amide bonds. The molecule has 1 aromatic rings. The maximum atomic E-state index is 10.6. The van der Waals surface area contributed by atoms with E-state index in [4.69, 9.17) is 0 Å². The molecule has 0 aliphatic rings. The predicted molar refractivity (Wildman–Crippen MR) is 56.2 cm³/mol. The summed E-state index contributed by atoms with van der Waals surface area (Å²) in [6, 6.07) is 7.79. The molecule has 0 N–H and O–H groups in total. The molecule has 0 bridgehead atoms. The molecule has 0 unspecified atom stereocenters. The first-order valence-electron chi connectivity index (χ1n) is 4.41. The Morgan fingerprint density at radius 1 is 1.31 bits per heavy atom. The van der Waals surface area contributed by atoms with E-state index >= 15 is 0 Å². The number of hydrogen-bond acceptors (Lipinski definition) is 1. The van der Waals surface area contributed by atoms with Gasteiger partial charge >= 0.3 is 0 Å². The van der Waals surface area contributed by atoms with Gasteiger partial charge in [-0.15, -0.1) is 0 Å². The maximum absolute atomic E-state index is 10.6. The zero-order chi connectivity index (χ0) is 8.81. The quantitative estimate of drug-likeness (QED) is 0.612. The van der Waals surface area contributed by atoms with Crippen molar-refractivity contribution in [2.45, 2.75) is 26.2 Å². The van der Waals surface area contributed by atoms with Gasteiger partial charge in [-0.25, -0.2) is 0 Å². The van der Waals surface area contributed by atoms with Crippen LogP contribution in [0.2, 0.25) is 0 Å². The zero-order valence-electron chi connectivity index (χ0n) is 7.92. The fraction of sp³-hybridized carbons (Fsp3) is 0.364. The fourth-order valence-corrected chi connectivity index (χ4v) is 1.24. The van der Waals surface area contributed by atoms with Crippen molar-refractivity contribution in [3.63, 3.8) is 0 Å². The third kappa shape index (κ3) is 3.94.